The van der Waals surface area contributed by atoms with Crippen molar-refractivity contribution in [1.82, 2.24) is 20.8 Å². The molecule has 1 unspecified atom stereocenters. The van der Waals surface area contributed by atoms with Crippen molar-refractivity contribution in [3.05, 3.63) is 11.7 Å². The number of hydrogen-bond acceptors (Lipinski definition) is 5. The maximum Gasteiger partial charge on any atom is 0.226 e. The van der Waals surface area contributed by atoms with E-state index >= 15 is 0 Å². The third kappa shape index (κ3) is 7.28. The maximum atomic E-state index is 5.11. The number of aryl methyl sites for hydroxylation is 2. The molecule has 0 radical (unpaired) electrons. The molecule has 0 bridgehead atoms. The molecule has 0 saturated carbocycles. The van der Waals surface area contributed by atoms with Crippen molar-refractivity contribution in [2.24, 2.45) is 4.99 Å². The SMILES string of the molecule is CCNC(=NCC1(C)CCCS1)NCCCc1nc(C)no1.I. The Morgan fingerprint density at radius 2 is 2.26 bits per heavy atom. The lowest BCUT2D eigenvalue weighted by Crippen LogP contribution is -2.39. The second kappa shape index (κ2) is 10.4. The zero-order chi connectivity index (χ0) is 15.8. The highest BCUT2D eigenvalue weighted by atomic mass is 127. The predicted octanol–water partition coefficient (Wildman–Crippen LogP) is 2.77. The summed E-state index contributed by atoms with van der Waals surface area (Å²) in [6.45, 7) is 8.83. The lowest BCUT2D eigenvalue weighted by atomic mass is 10.1. The second-order valence-electron chi connectivity index (χ2n) is 5.86. The maximum absolute atomic E-state index is 5.11. The first-order valence-electron chi connectivity index (χ1n) is 8.07. The van der Waals surface area contributed by atoms with Gasteiger partial charge in [0.2, 0.25) is 5.89 Å². The van der Waals surface area contributed by atoms with Crippen LogP contribution in [0.1, 0.15) is 44.8 Å². The Hall–Kier alpha value is -0.510. The molecule has 1 atom stereocenters. The lowest BCUT2D eigenvalue weighted by Gasteiger charge is -2.21. The first kappa shape index (κ1) is 20.5. The summed E-state index contributed by atoms with van der Waals surface area (Å²) >= 11 is 2.04. The number of nitrogens with zero attached hydrogens (tertiary/aromatic N) is 3. The van der Waals surface area contributed by atoms with E-state index in [1.165, 1.54) is 18.6 Å². The average molecular weight is 453 g/mol. The standard InChI is InChI=1S/C15H27N5OS.HI/c1-4-16-14(18-11-15(3)8-6-10-22-15)17-9-5-7-13-19-12(2)20-21-13;/h4-11H2,1-3H3,(H2,16,17,18);1H. The zero-order valence-corrected chi connectivity index (χ0v) is 17.4. The smallest absolute Gasteiger partial charge is 0.226 e. The second-order valence-corrected chi connectivity index (χ2v) is 7.55. The monoisotopic (exact) mass is 453 g/mol. The molecule has 132 valence electrons. The van der Waals surface area contributed by atoms with Crippen molar-refractivity contribution >= 4 is 41.7 Å². The van der Waals surface area contributed by atoms with Crippen molar-refractivity contribution in [3.8, 4) is 0 Å². The van der Waals surface area contributed by atoms with Gasteiger partial charge in [-0.05, 0) is 45.8 Å². The van der Waals surface area contributed by atoms with Gasteiger partial charge in [-0.2, -0.15) is 16.7 Å². The van der Waals surface area contributed by atoms with Crippen molar-refractivity contribution in [3.63, 3.8) is 0 Å². The Balaban J connectivity index is 0.00000264. The van der Waals surface area contributed by atoms with Gasteiger partial charge in [-0.25, -0.2) is 0 Å². The van der Waals surface area contributed by atoms with E-state index in [2.05, 4.69) is 34.6 Å². The molecule has 0 aliphatic carbocycles. The molecule has 1 aliphatic rings. The quantitative estimate of drug-likeness (QED) is 0.286. The molecule has 0 spiro atoms. The normalized spacial score (nSPS) is 21.1. The third-order valence-electron chi connectivity index (χ3n) is 3.65. The summed E-state index contributed by atoms with van der Waals surface area (Å²) < 4.78 is 5.42. The molecule has 1 saturated heterocycles. The van der Waals surface area contributed by atoms with Gasteiger partial charge in [-0.15, -0.1) is 24.0 Å². The topological polar surface area (TPSA) is 75.3 Å². The minimum atomic E-state index is 0. The molecule has 1 aromatic rings. The number of halogens is 1. The minimum absolute atomic E-state index is 0. The van der Waals surface area contributed by atoms with Gasteiger partial charge in [-0.3, -0.25) is 4.99 Å². The molecule has 0 aromatic carbocycles. The fourth-order valence-electron chi connectivity index (χ4n) is 2.44. The zero-order valence-electron chi connectivity index (χ0n) is 14.2. The molecule has 1 fully saturated rings. The molecule has 1 aliphatic heterocycles. The van der Waals surface area contributed by atoms with Gasteiger partial charge in [0.05, 0.1) is 6.54 Å². The van der Waals surface area contributed by atoms with Crippen molar-refractivity contribution < 1.29 is 4.52 Å². The highest BCUT2D eigenvalue weighted by Crippen LogP contribution is 2.37. The molecule has 6 nitrogen and oxygen atoms in total. The van der Waals surface area contributed by atoms with Gasteiger partial charge in [0.1, 0.15) is 0 Å². The summed E-state index contributed by atoms with van der Waals surface area (Å²) in [5.74, 6) is 3.56. The number of thioether (sulfide) groups is 1. The number of guanidine groups is 1. The molecule has 8 heteroatoms. The fourth-order valence-corrected chi connectivity index (χ4v) is 3.66. The van der Waals surface area contributed by atoms with E-state index in [9.17, 15) is 0 Å². The Morgan fingerprint density at radius 3 is 2.87 bits per heavy atom. The summed E-state index contributed by atoms with van der Waals surface area (Å²) in [6, 6.07) is 0. The van der Waals surface area contributed by atoms with E-state index in [1.54, 1.807) is 0 Å². The van der Waals surface area contributed by atoms with Crippen LogP contribution in [0.15, 0.2) is 9.52 Å². The van der Waals surface area contributed by atoms with Crippen molar-refractivity contribution in [1.29, 1.82) is 0 Å². The van der Waals surface area contributed by atoms with E-state index in [1.807, 2.05) is 18.7 Å². The molecule has 23 heavy (non-hydrogen) atoms. The van der Waals surface area contributed by atoms with E-state index < -0.39 is 0 Å². The van der Waals surface area contributed by atoms with Gasteiger partial charge >= 0.3 is 0 Å². The Morgan fingerprint density at radius 1 is 1.43 bits per heavy atom. The van der Waals surface area contributed by atoms with E-state index in [-0.39, 0.29) is 24.0 Å². The number of nitrogens with one attached hydrogen (secondary N) is 2. The van der Waals surface area contributed by atoms with Crippen LogP contribution < -0.4 is 10.6 Å². The molecular formula is C15H28IN5OS. The lowest BCUT2D eigenvalue weighted by molar-refractivity contribution is 0.372. The van der Waals surface area contributed by atoms with Crippen LogP contribution in [0.2, 0.25) is 0 Å². The Bertz CT molecular complexity index is 488. The van der Waals surface area contributed by atoms with Crippen LogP contribution in [0.5, 0.6) is 0 Å². The van der Waals surface area contributed by atoms with Gasteiger partial charge in [0, 0.05) is 24.3 Å². The third-order valence-corrected chi connectivity index (χ3v) is 5.17. The van der Waals surface area contributed by atoms with Crippen LogP contribution in [-0.2, 0) is 6.42 Å². The van der Waals surface area contributed by atoms with Crippen LogP contribution in [0, 0.1) is 6.92 Å². The number of rotatable bonds is 7. The van der Waals surface area contributed by atoms with Crippen LogP contribution in [0.3, 0.4) is 0 Å². The molecule has 0 amide bonds. The van der Waals surface area contributed by atoms with Crippen LogP contribution in [0.4, 0.5) is 0 Å². The highest BCUT2D eigenvalue weighted by Gasteiger charge is 2.29. The largest absolute Gasteiger partial charge is 0.357 e. The number of aliphatic imine (C=N–C) groups is 1. The summed E-state index contributed by atoms with van der Waals surface area (Å²) in [7, 11) is 0. The number of hydrogen-bond donors (Lipinski definition) is 2. The minimum Gasteiger partial charge on any atom is -0.357 e. The summed E-state index contributed by atoms with van der Waals surface area (Å²) in [6.07, 6.45) is 4.31. The average Bonchev–Trinajstić information content (AvgIpc) is 3.10. The van der Waals surface area contributed by atoms with Gasteiger partial charge < -0.3 is 15.2 Å². The molecule has 2 rings (SSSR count). The fraction of sp³-hybridized carbons (Fsp3) is 0.800. The number of aromatic nitrogens is 2. The van der Waals surface area contributed by atoms with E-state index in [0.29, 0.717) is 16.5 Å². The summed E-state index contributed by atoms with van der Waals surface area (Å²) in [5.41, 5.74) is 0. The van der Waals surface area contributed by atoms with E-state index in [4.69, 9.17) is 9.52 Å². The van der Waals surface area contributed by atoms with Crippen LogP contribution in [0.25, 0.3) is 0 Å². The van der Waals surface area contributed by atoms with Gasteiger partial charge in [0.15, 0.2) is 11.8 Å². The van der Waals surface area contributed by atoms with Gasteiger partial charge in [-0.1, -0.05) is 5.16 Å². The van der Waals surface area contributed by atoms with Crippen molar-refractivity contribution in [2.75, 3.05) is 25.4 Å². The molecule has 2 heterocycles. The first-order valence-corrected chi connectivity index (χ1v) is 9.05. The molecular weight excluding hydrogens is 425 g/mol. The molecule has 2 N–H and O–H groups in total. The van der Waals surface area contributed by atoms with E-state index in [0.717, 1.165) is 38.4 Å². The summed E-state index contributed by atoms with van der Waals surface area (Å²) in [5, 5.41) is 10.5. The van der Waals surface area contributed by atoms with Gasteiger partial charge in [0.25, 0.3) is 0 Å². The Labute approximate surface area is 160 Å². The van der Waals surface area contributed by atoms with Crippen LogP contribution in [-0.4, -0.2) is 46.2 Å². The summed E-state index contributed by atoms with van der Waals surface area (Å²) in [4.78, 5) is 8.95. The predicted molar refractivity (Wildman–Crippen MR) is 107 cm³/mol. The van der Waals surface area contributed by atoms with Crippen molar-refractivity contribution in [2.45, 2.75) is 51.2 Å². The highest BCUT2D eigenvalue weighted by molar-refractivity contribution is 14.0. The Kier molecular flexibility index (Phi) is 9.26. The molecule has 1 aromatic heterocycles. The van der Waals surface area contributed by atoms with Crippen LogP contribution >= 0.6 is 35.7 Å². The first-order chi connectivity index (χ1) is 10.6.